The van der Waals surface area contributed by atoms with Crippen LogP contribution >= 0.6 is 12.4 Å². The molecule has 2 aliphatic rings. The number of halogens is 1. The zero-order valence-corrected chi connectivity index (χ0v) is 10.9. The lowest BCUT2D eigenvalue weighted by Crippen LogP contribution is -2.25. The smallest absolute Gasteiger partial charge is 0.120 e. The summed E-state index contributed by atoms with van der Waals surface area (Å²) in [7, 11) is 1.72. The second-order valence-electron chi connectivity index (χ2n) is 4.78. The molecule has 0 spiro atoms. The van der Waals surface area contributed by atoms with Gasteiger partial charge in [0.25, 0.3) is 0 Å². The zero-order chi connectivity index (χ0) is 11.0. The quantitative estimate of drug-likeness (QED) is 0.871. The first-order valence-electron chi connectivity index (χ1n) is 5.96. The van der Waals surface area contributed by atoms with Crippen LogP contribution in [0.5, 0.6) is 5.75 Å². The molecule has 94 valence electrons. The third kappa shape index (κ3) is 2.35. The Morgan fingerprint density at radius 3 is 2.59 bits per heavy atom. The van der Waals surface area contributed by atoms with E-state index in [4.69, 9.17) is 4.74 Å². The summed E-state index contributed by atoms with van der Waals surface area (Å²) < 4.78 is 5.27. The normalized spacial score (nSPS) is 26.5. The summed E-state index contributed by atoms with van der Waals surface area (Å²) in [6.07, 6.45) is 0. The highest BCUT2D eigenvalue weighted by Crippen LogP contribution is 2.31. The number of methoxy groups -OCH3 is 1. The van der Waals surface area contributed by atoms with Crippen molar-refractivity contribution in [3.05, 3.63) is 24.3 Å². The van der Waals surface area contributed by atoms with Crippen LogP contribution in [0, 0.1) is 11.8 Å². The minimum atomic E-state index is 0. The average Bonchev–Trinajstić information content (AvgIpc) is 2.89. The van der Waals surface area contributed by atoms with Crippen molar-refractivity contribution in [1.29, 1.82) is 0 Å². The van der Waals surface area contributed by atoms with Gasteiger partial charge in [-0.25, -0.2) is 0 Å². The lowest BCUT2D eigenvalue weighted by atomic mass is 10.0. The largest absolute Gasteiger partial charge is 0.497 e. The molecule has 2 heterocycles. The SMILES string of the molecule is COc1cccc(N2C[C@H]3CNC[C@H]3C2)c1.Cl. The highest BCUT2D eigenvalue weighted by atomic mass is 35.5. The fourth-order valence-electron chi connectivity index (χ4n) is 2.87. The van der Waals surface area contributed by atoms with Gasteiger partial charge in [-0.1, -0.05) is 6.07 Å². The third-order valence-corrected chi connectivity index (χ3v) is 3.81. The van der Waals surface area contributed by atoms with Gasteiger partial charge in [-0.15, -0.1) is 12.4 Å². The molecule has 0 amide bonds. The molecule has 2 saturated heterocycles. The predicted molar refractivity (Wildman–Crippen MR) is 72.3 cm³/mol. The topological polar surface area (TPSA) is 24.5 Å². The van der Waals surface area contributed by atoms with E-state index in [1.54, 1.807) is 7.11 Å². The minimum absolute atomic E-state index is 0. The van der Waals surface area contributed by atoms with Crippen molar-refractivity contribution in [2.24, 2.45) is 11.8 Å². The van der Waals surface area contributed by atoms with Crippen molar-refractivity contribution in [3.63, 3.8) is 0 Å². The summed E-state index contributed by atoms with van der Waals surface area (Å²) in [5.74, 6) is 2.63. The molecule has 0 unspecified atom stereocenters. The molecule has 2 fully saturated rings. The van der Waals surface area contributed by atoms with E-state index in [0.29, 0.717) is 0 Å². The van der Waals surface area contributed by atoms with E-state index in [2.05, 4.69) is 28.4 Å². The molecule has 1 aromatic carbocycles. The van der Waals surface area contributed by atoms with Crippen LogP contribution in [0.2, 0.25) is 0 Å². The van der Waals surface area contributed by atoms with Crippen LogP contribution in [-0.4, -0.2) is 33.3 Å². The van der Waals surface area contributed by atoms with E-state index in [0.717, 1.165) is 17.6 Å². The van der Waals surface area contributed by atoms with Crippen LogP contribution in [0.3, 0.4) is 0 Å². The van der Waals surface area contributed by atoms with E-state index in [-0.39, 0.29) is 12.4 Å². The third-order valence-electron chi connectivity index (χ3n) is 3.81. The number of rotatable bonds is 2. The van der Waals surface area contributed by atoms with Crippen molar-refractivity contribution in [2.45, 2.75) is 0 Å². The molecule has 4 heteroatoms. The molecule has 2 aliphatic heterocycles. The second kappa shape index (κ2) is 5.15. The summed E-state index contributed by atoms with van der Waals surface area (Å²) in [5.41, 5.74) is 1.30. The highest BCUT2D eigenvalue weighted by Gasteiger charge is 2.36. The van der Waals surface area contributed by atoms with Gasteiger partial charge < -0.3 is 15.0 Å². The first-order chi connectivity index (χ1) is 7.86. The molecule has 17 heavy (non-hydrogen) atoms. The van der Waals surface area contributed by atoms with Gasteiger partial charge in [0.05, 0.1) is 7.11 Å². The fraction of sp³-hybridized carbons (Fsp3) is 0.538. The first kappa shape index (κ1) is 12.5. The van der Waals surface area contributed by atoms with E-state index in [1.807, 2.05) is 6.07 Å². The Balaban J connectivity index is 0.00000108. The van der Waals surface area contributed by atoms with Crippen molar-refractivity contribution >= 4 is 18.1 Å². The van der Waals surface area contributed by atoms with Gasteiger partial charge in [0.15, 0.2) is 0 Å². The zero-order valence-electron chi connectivity index (χ0n) is 10.1. The molecule has 0 aliphatic carbocycles. The molecule has 3 rings (SSSR count). The number of fused-ring (bicyclic) bond motifs is 1. The fourth-order valence-corrected chi connectivity index (χ4v) is 2.87. The van der Waals surface area contributed by atoms with Gasteiger partial charge in [-0.3, -0.25) is 0 Å². The van der Waals surface area contributed by atoms with Gasteiger partial charge in [0, 0.05) is 37.9 Å². The molecule has 1 aromatic rings. The van der Waals surface area contributed by atoms with E-state index < -0.39 is 0 Å². The van der Waals surface area contributed by atoms with Gasteiger partial charge >= 0.3 is 0 Å². The number of nitrogens with zero attached hydrogens (tertiary/aromatic N) is 1. The summed E-state index contributed by atoms with van der Waals surface area (Å²) in [5, 5.41) is 3.47. The highest BCUT2D eigenvalue weighted by molar-refractivity contribution is 5.85. The maximum Gasteiger partial charge on any atom is 0.120 e. The molecule has 2 atom stereocenters. The Morgan fingerprint density at radius 2 is 1.94 bits per heavy atom. The monoisotopic (exact) mass is 254 g/mol. The number of hydrogen-bond acceptors (Lipinski definition) is 3. The molecule has 0 bridgehead atoms. The van der Waals surface area contributed by atoms with Crippen LogP contribution in [0.1, 0.15) is 0 Å². The molecule has 0 aromatic heterocycles. The summed E-state index contributed by atoms with van der Waals surface area (Å²) in [6, 6.07) is 8.38. The van der Waals surface area contributed by atoms with Gasteiger partial charge in [-0.05, 0) is 24.0 Å². The second-order valence-corrected chi connectivity index (χ2v) is 4.78. The van der Waals surface area contributed by atoms with Crippen molar-refractivity contribution in [1.82, 2.24) is 5.32 Å². The number of nitrogens with one attached hydrogen (secondary N) is 1. The van der Waals surface area contributed by atoms with Gasteiger partial charge in [-0.2, -0.15) is 0 Å². The van der Waals surface area contributed by atoms with Crippen LogP contribution in [0.25, 0.3) is 0 Å². The first-order valence-corrected chi connectivity index (χ1v) is 5.96. The number of ether oxygens (including phenoxy) is 1. The van der Waals surface area contributed by atoms with Gasteiger partial charge in [0.2, 0.25) is 0 Å². The van der Waals surface area contributed by atoms with Crippen LogP contribution in [0.15, 0.2) is 24.3 Å². The minimum Gasteiger partial charge on any atom is -0.497 e. The Labute approximate surface area is 109 Å². The number of hydrogen-bond donors (Lipinski definition) is 1. The maximum absolute atomic E-state index is 5.27. The molecule has 0 radical (unpaired) electrons. The molecule has 3 nitrogen and oxygen atoms in total. The van der Waals surface area contributed by atoms with Crippen LogP contribution in [-0.2, 0) is 0 Å². The standard InChI is InChI=1S/C13H18N2O.ClH/c1-16-13-4-2-3-12(5-13)15-8-10-6-14-7-11(10)9-15;/h2-5,10-11,14H,6-9H2,1H3;1H/t10-,11+;. The lowest BCUT2D eigenvalue weighted by molar-refractivity contribution is 0.415. The Kier molecular flexibility index (Phi) is 3.79. The Morgan fingerprint density at radius 1 is 1.24 bits per heavy atom. The summed E-state index contributed by atoms with van der Waals surface area (Å²) in [4.78, 5) is 2.48. The number of benzene rings is 1. The Bertz CT molecular complexity index is 373. The molecule has 1 N–H and O–H groups in total. The van der Waals surface area contributed by atoms with Crippen LogP contribution in [0.4, 0.5) is 5.69 Å². The summed E-state index contributed by atoms with van der Waals surface area (Å²) >= 11 is 0. The summed E-state index contributed by atoms with van der Waals surface area (Å²) in [6.45, 7) is 4.74. The van der Waals surface area contributed by atoms with Crippen LogP contribution < -0.4 is 15.0 Å². The van der Waals surface area contributed by atoms with Crippen molar-refractivity contribution in [2.75, 3.05) is 38.2 Å². The van der Waals surface area contributed by atoms with E-state index >= 15 is 0 Å². The van der Waals surface area contributed by atoms with Gasteiger partial charge in [0.1, 0.15) is 5.75 Å². The molecular weight excluding hydrogens is 236 g/mol. The Hall–Kier alpha value is -0.930. The average molecular weight is 255 g/mol. The predicted octanol–water partition coefficient (Wildman–Crippen LogP) is 1.77. The maximum atomic E-state index is 5.27. The van der Waals surface area contributed by atoms with E-state index in [9.17, 15) is 0 Å². The lowest BCUT2D eigenvalue weighted by Gasteiger charge is -2.20. The molecule has 0 saturated carbocycles. The molecular formula is C13H19ClN2O. The number of anilines is 1. The van der Waals surface area contributed by atoms with Crippen molar-refractivity contribution < 1.29 is 4.74 Å². The van der Waals surface area contributed by atoms with E-state index in [1.165, 1.54) is 31.9 Å². The van der Waals surface area contributed by atoms with Crippen molar-refractivity contribution in [3.8, 4) is 5.75 Å².